The molecule has 5 heteroatoms. The van der Waals surface area contributed by atoms with Crippen LogP contribution in [0.15, 0.2) is 24.3 Å². The average molecular weight is 247 g/mol. The van der Waals surface area contributed by atoms with Crippen molar-refractivity contribution in [1.29, 1.82) is 0 Å². The van der Waals surface area contributed by atoms with Crippen LogP contribution in [0.25, 0.3) is 0 Å². The maximum atomic E-state index is 12.0. The zero-order chi connectivity index (χ0) is 12.7. The molecule has 2 nitrogen and oxygen atoms in total. The second kappa shape index (κ2) is 6.49. The van der Waals surface area contributed by atoms with Crippen LogP contribution in [-0.2, 0) is 6.42 Å². The van der Waals surface area contributed by atoms with E-state index >= 15 is 0 Å². The van der Waals surface area contributed by atoms with Crippen LogP contribution in [0.5, 0.6) is 5.75 Å². The second-order valence-corrected chi connectivity index (χ2v) is 3.70. The lowest BCUT2D eigenvalue weighted by atomic mass is 10.1. The maximum Gasteiger partial charge on any atom is 0.573 e. The molecule has 0 aliphatic rings. The third kappa shape index (κ3) is 6.16. The Kier molecular flexibility index (Phi) is 5.28. The van der Waals surface area contributed by atoms with Crippen molar-refractivity contribution in [2.45, 2.75) is 26.1 Å². The Hall–Kier alpha value is -1.23. The van der Waals surface area contributed by atoms with Crippen molar-refractivity contribution in [2.24, 2.45) is 0 Å². The van der Waals surface area contributed by atoms with E-state index in [1.807, 2.05) is 0 Å². The third-order valence-corrected chi connectivity index (χ3v) is 2.15. The van der Waals surface area contributed by atoms with E-state index in [4.69, 9.17) is 0 Å². The van der Waals surface area contributed by atoms with Gasteiger partial charge >= 0.3 is 6.36 Å². The predicted molar refractivity (Wildman–Crippen MR) is 60.0 cm³/mol. The van der Waals surface area contributed by atoms with Crippen molar-refractivity contribution < 1.29 is 17.9 Å². The van der Waals surface area contributed by atoms with Crippen LogP contribution in [0.1, 0.15) is 18.9 Å². The Morgan fingerprint density at radius 2 is 2.00 bits per heavy atom. The minimum Gasteiger partial charge on any atom is -0.406 e. The minimum atomic E-state index is -4.63. The normalized spacial score (nSPS) is 11.5. The van der Waals surface area contributed by atoms with E-state index < -0.39 is 6.36 Å². The molecule has 1 N–H and O–H groups in total. The molecule has 1 rings (SSSR count). The van der Waals surface area contributed by atoms with Gasteiger partial charge in [0, 0.05) is 0 Å². The van der Waals surface area contributed by atoms with Gasteiger partial charge in [-0.25, -0.2) is 0 Å². The van der Waals surface area contributed by atoms with E-state index in [9.17, 15) is 13.2 Å². The van der Waals surface area contributed by atoms with Gasteiger partial charge in [0.05, 0.1) is 0 Å². The lowest BCUT2D eigenvalue weighted by molar-refractivity contribution is -0.274. The monoisotopic (exact) mass is 247 g/mol. The summed E-state index contributed by atoms with van der Waals surface area (Å²) >= 11 is 0. The van der Waals surface area contributed by atoms with Gasteiger partial charge in [0.15, 0.2) is 0 Å². The Morgan fingerprint density at radius 3 is 2.65 bits per heavy atom. The van der Waals surface area contributed by atoms with E-state index in [1.165, 1.54) is 12.1 Å². The van der Waals surface area contributed by atoms with Crippen LogP contribution < -0.4 is 10.1 Å². The van der Waals surface area contributed by atoms with Crippen molar-refractivity contribution in [3.63, 3.8) is 0 Å². The lowest BCUT2D eigenvalue weighted by Gasteiger charge is -2.10. The summed E-state index contributed by atoms with van der Waals surface area (Å²) in [5.74, 6) is -0.162. The summed E-state index contributed by atoms with van der Waals surface area (Å²) in [7, 11) is 0. The molecule has 0 aromatic heterocycles. The Balaban J connectivity index is 2.48. The highest BCUT2D eigenvalue weighted by Crippen LogP contribution is 2.23. The minimum absolute atomic E-state index is 0.162. The zero-order valence-corrected chi connectivity index (χ0v) is 9.68. The van der Waals surface area contributed by atoms with Crippen LogP contribution in [0.2, 0.25) is 0 Å². The molecule has 0 unspecified atom stereocenters. The molecule has 0 fully saturated rings. The van der Waals surface area contributed by atoms with E-state index in [0.717, 1.165) is 25.1 Å². The van der Waals surface area contributed by atoms with E-state index in [0.29, 0.717) is 6.42 Å². The number of halogens is 3. The third-order valence-electron chi connectivity index (χ3n) is 2.15. The highest BCUT2D eigenvalue weighted by Gasteiger charge is 2.30. The lowest BCUT2D eigenvalue weighted by Crippen LogP contribution is -2.18. The van der Waals surface area contributed by atoms with E-state index in [2.05, 4.69) is 17.0 Å². The maximum absolute atomic E-state index is 12.0. The smallest absolute Gasteiger partial charge is 0.406 e. The first-order valence-electron chi connectivity index (χ1n) is 5.56. The topological polar surface area (TPSA) is 21.3 Å². The molecule has 96 valence electrons. The van der Waals surface area contributed by atoms with Gasteiger partial charge in [-0.2, -0.15) is 0 Å². The van der Waals surface area contributed by atoms with Crippen molar-refractivity contribution in [1.82, 2.24) is 5.32 Å². The molecule has 0 radical (unpaired) electrons. The quantitative estimate of drug-likeness (QED) is 0.780. The van der Waals surface area contributed by atoms with Gasteiger partial charge in [-0.15, -0.1) is 13.2 Å². The summed E-state index contributed by atoms with van der Waals surface area (Å²) in [4.78, 5) is 0. The Labute approximate surface area is 98.8 Å². The summed E-state index contributed by atoms with van der Waals surface area (Å²) in [6.45, 7) is 3.73. The Bertz CT molecular complexity index is 339. The van der Waals surface area contributed by atoms with Gasteiger partial charge in [-0.05, 0) is 43.6 Å². The van der Waals surface area contributed by atoms with Crippen molar-refractivity contribution in [3.05, 3.63) is 29.8 Å². The van der Waals surface area contributed by atoms with Crippen molar-refractivity contribution in [3.8, 4) is 5.75 Å². The summed E-state index contributed by atoms with van der Waals surface area (Å²) in [6, 6.07) is 6.07. The SMILES string of the molecule is CCCNCCc1cccc(OC(F)(F)F)c1. The Morgan fingerprint density at radius 1 is 1.24 bits per heavy atom. The summed E-state index contributed by atoms with van der Waals surface area (Å²) in [5.41, 5.74) is 0.829. The first-order valence-corrected chi connectivity index (χ1v) is 5.56. The first-order chi connectivity index (χ1) is 8.01. The number of benzene rings is 1. The zero-order valence-electron chi connectivity index (χ0n) is 9.68. The number of rotatable bonds is 6. The molecule has 0 saturated heterocycles. The summed E-state index contributed by atoms with van der Waals surface area (Å²) in [6.07, 6.45) is -2.90. The molecule has 0 heterocycles. The number of alkyl halides is 3. The van der Waals surface area contributed by atoms with Crippen LogP contribution in [0.3, 0.4) is 0 Å². The van der Waals surface area contributed by atoms with E-state index in [-0.39, 0.29) is 5.75 Å². The molecular weight excluding hydrogens is 231 g/mol. The van der Waals surface area contributed by atoms with Gasteiger partial charge in [-0.3, -0.25) is 0 Å². The number of nitrogens with one attached hydrogen (secondary N) is 1. The predicted octanol–water partition coefficient (Wildman–Crippen LogP) is 3.13. The molecule has 1 aromatic carbocycles. The van der Waals surface area contributed by atoms with Crippen LogP contribution in [-0.4, -0.2) is 19.5 Å². The molecule has 0 atom stereocenters. The molecule has 0 aliphatic heterocycles. The largest absolute Gasteiger partial charge is 0.573 e. The van der Waals surface area contributed by atoms with Gasteiger partial charge in [0.1, 0.15) is 5.75 Å². The summed E-state index contributed by atoms with van der Waals surface area (Å²) in [5, 5.41) is 3.19. The number of hydrogen-bond acceptors (Lipinski definition) is 2. The van der Waals surface area contributed by atoms with Crippen LogP contribution >= 0.6 is 0 Å². The highest BCUT2D eigenvalue weighted by atomic mass is 19.4. The number of hydrogen-bond donors (Lipinski definition) is 1. The summed E-state index contributed by atoms with van der Waals surface area (Å²) < 4.78 is 39.8. The highest BCUT2D eigenvalue weighted by molar-refractivity contribution is 5.28. The first kappa shape index (κ1) is 13.8. The molecule has 0 amide bonds. The van der Waals surface area contributed by atoms with Gasteiger partial charge < -0.3 is 10.1 Å². The number of ether oxygens (including phenoxy) is 1. The standard InChI is InChI=1S/C12H16F3NO/c1-2-7-16-8-6-10-4-3-5-11(9-10)17-12(13,14)15/h3-5,9,16H,2,6-8H2,1H3. The molecule has 0 aliphatic carbocycles. The van der Waals surface area contributed by atoms with Crippen LogP contribution in [0.4, 0.5) is 13.2 Å². The van der Waals surface area contributed by atoms with Gasteiger partial charge in [0.2, 0.25) is 0 Å². The molecule has 0 saturated carbocycles. The molecule has 1 aromatic rings. The van der Waals surface area contributed by atoms with Gasteiger partial charge in [0.25, 0.3) is 0 Å². The molecule has 0 bridgehead atoms. The fraction of sp³-hybridized carbons (Fsp3) is 0.500. The van der Waals surface area contributed by atoms with E-state index in [1.54, 1.807) is 12.1 Å². The van der Waals surface area contributed by atoms with Crippen molar-refractivity contribution in [2.75, 3.05) is 13.1 Å². The van der Waals surface area contributed by atoms with Crippen molar-refractivity contribution >= 4 is 0 Å². The molecule has 17 heavy (non-hydrogen) atoms. The molecular formula is C12H16F3NO. The van der Waals surface area contributed by atoms with Crippen LogP contribution in [0, 0.1) is 0 Å². The fourth-order valence-corrected chi connectivity index (χ4v) is 1.43. The fourth-order valence-electron chi connectivity index (χ4n) is 1.43. The average Bonchev–Trinajstić information content (AvgIpc) is 2.23. The molecule has 0 spiro atoms. The second-order valence-electron chi connectivity index (χ2n) is 3.70. The van der Waals surface area contributed by atoms with Gasteiger partial charge in [-0.1, -0.05) is 19.1 Å².